The van der Waals surface area contributed by atoms with E-state index >= 15 is 0 Å². The van der Waals surface area contributed by atoms with Gasteiger partial charge in [0.25, 0.3) is 0 Å². The van der Waals surface area contributed by atoms with Crippen molar-refractivity contribution in [3.63, 3.8) is 0 Å². The van der Waals surface area contributed by atoms with Crippen molar-refractivity contribution in [2.24, 2.45) is 5.92 Å². The molecule has 21 heavy (non-hydrogen) atoms. The van der Waals surface area contributed by atoms with Crippen LogP contribution in [0.3, 0.4) is 0 Å². The van der Waals surface area contributed by atoms with E-state index in [0.29, 0.717) is 6.54 Å². The first-order valence-electron chi connectivity index (χ1n) is 8.05. The van der Waals surface area contributed by atoms with Crippen molar-refractivity contribution in [3.05, 3.63) is 0 Å². The number of carbonyl (C=O) groups is 2. The summed E-state index contributed by atoms with van der Waals surface area (Å²) in [6.07, 6.45) is 6.77. The lowest BCUT2D eigenvalue weighted by Crippen LogP contribution is -2.39. The van der Waals surface area contributed by atoms with Gasteiger partial charge in [-0.15, -0.1) is 0 Å². The normalized spacial score (nSPS) is 16.0. The highest BCUT2D eigenvalue weighted by Crippen LogP contribution is 2.25. The van der Waals surface area contributed by atoms with E-state index in [1.165, 1.54) is 13.5 Å². The number of hydrogen-bond acceptors (Lipinski definition) is 4. The van der Waals surface area contributed by atoms with E-state index in [2.05, 4.69) is 9.64 Å². The molecule has 5 nitrogen and oxygen atoms in total. The van der Waals surface area contributed by atoms with E-state index < -0.39 is 0 Å². The Hall–Kier alpha value is -1.10. The number of carbonyl (C=O) groups excluding carboxylic acids is 2. The Bertz CT molecular complexity index is 325. The number of nitrogens with zero attached hydrogens (tertiary/aromatic N) is 2. The molecule has 0 spiro atoms. The molecule has 0 N–H and O–H groups in total. The maximum atomic E-state index is 12.6. The second kappa shape index (κ2) is 9.77. The van der Waals surface area contributed by atoms with Crippen LogP contribution >= 0.6 is 0 Å². The van der Waals surface area contributed by atoms with Crippen LogP contribution in [0.2, 0.25) is 0 Å². The fourth-order valence-electron chi connectivity index (χ4n) is 2.85. The maximum Gasteiger partial charge on any atom is 0.307 e. The van der Waals surface area contributed by atoms with Gasteiger partial charge >= 0.3 is 5.97 Å². The van der Waals surface area contributed by atoms with E-state index in [9.17, 15) is 9.59 Å². The van der Waals surface area contributed by atoms with Crippen LogP contribution in [0.5, 0.6) is 0 Å². The van der Waals surface area contributed by atoms with E-state index in [4.69, 9.17) is 0 Å². The van der Waals surface area contributed by atoms with Gasteiger partial charge < -0.3 is 14.5 Å². The molecule has 0 atom stereocenters. The standard InChI is InChI=1S/C16H30N2O3/c1-17(2)11-7-12-18(13-10-15(19)21-3)16(20)14-8-5-4-6-9-14/h14H,4-13H2,1-3H3. The van der Waals surface area contributed by atoms with Gasteiger partial charge in [0.15, 0.2) is 0 Å². The van der Waals surface area contributed by atoms with Gasteiger partial charge in [-0.3, -0.25) is 9.59 Å². The molecule has 0 aromatic carbocycles. The van der Waals surface area contributed by atoms with Crippen molar-refractivity contribution in [2.45, 2.75) is 44.9 Å². The van der Waals surface area contributed by atoms with Gasteiger partial charge in [-0.25, -0.2) is 0 Å². The molecular formula is C16H30N2O3. The van der Waals surface area contributed by atoms with Crippen LogP contribution in [0.25, 0.3) is 0 Å². The van der Waals surface area contributed by atoms with Gasteiger partial charge in [-0.05, 0) is 39.9 Å². The van der Waals surface area contributed by atoms with Crippen LogP contribution in [-0.4, -0.2) is 62.5 Å². The minimum absolute atomic E-state index is 0.163. The molecule has 122 valence electrons. The Morgan fingerprint density at radius 1 is 1.05 bits per heavy atom. The summed E-state index contributed by atoms with van der Waals surface area (Å²) >= 11 is 0. The topological polar surface area (TPSA) is 49.9 Å². The number of ether oxygens (including phenoxy) is 1. The summed E-state index contributed by atoms with van der Waals surface area (Å²) in [5, 5.41) is 0. The molecule has 1 fully saturated rings. The van der Waals surface area contributed by atoms with Crippen molar-refractivity contribution >= 4 is 11.9 Å². The van der Waals surface area contributed by atoms with Crippen molar-refractivity contribution in [1.82, 2.24) is 9.80 Å². The second-order valence-electron chi connectivity index (χ2n) is 6.14. The largest absolute Gasteiger partial charge is 0.469 e. The lowest BCUT2D eigenvalue weighted by molar-refractivity contribution is -0.142. The zero-order chi connectivity index (χ0) is 15.7. The summed E-state index contributed by atoms with van der Waals surface area (Å²) in [6, 6.07) is 0. The number of esters is 1. The fourth-order valence-corrected chi connectivity index (χ4v) is 2.85. The SMILES string of the molecule is COC(=O)CCN(CCCN(C)C)C(=O)C1CCCCC1. The molecule has 0 aromatic rings. The van der Waals surface area contributed by atoms with E-state index in [0.717, 1.165) is 45.2 Å². The van der Waals surface area contributed by atoms with E-state index in [-0.39, 0.29) is 24.2 Å². The van der Waals surface area contributed by atoms with Crippen molar-refractivity contribution in [1.29, 1.82) is 0 Å². The summed E-state index contributed by atoms with van der Waals surface area (Å²) in [7, 11) is 5.45. The Morgan fingerprint density at radius 3 is 2.29 bits per heavy atom. The van der Waals surface area contributed by atoms with E-state index in [1.54, 1.807) is 0 Å². The van der Waals surface area contributed by atoms with Crippen molar-refractivity contribution in [3.8, 4) is 0 Å². The fraction of sp³-hybridized carbons (Fsp3) is 0.875. The van der Waals surface area contributed by atoms with Crippen LogP contribution in [0.1, 0.15) is 44.9 Å². The Morgan fingerprint density at radius 2 is 1.71 bits per heavy atom. The first-order chi connectivity index (χ1) is 10.0. The molecule has 0 unspecified atom stereocenters. The highest BCUT2D eigenvalue weighted by molar-refractivity contribution is 5.79. The average Bonchev–Trinajstić information content (AvgIpc) is 2.50. The van der Waals surface area contributed by atoms with E-state index in [1.807, 2.05) is 19.0 Å². The molecule has 0 bridgehead atoms. The molecular weight excluding hydrogens is 268 g/mol. The number of methoxy groups -OCH3 is 1. The van der Waals surface area contributed by atoms with Gasteiger partial charge in [-0.1, -0.05) is 19.3 Å². The number of amides is 1. The summed E-state index contributed by atoms with van der Waals surface area (Å²) < 4.78 is 4.68. The van der Waals surface area contributed by atoms with Crippen LogP contribution in [0, 0.1) is 5.92 Å². The van der Waals surface area contributed by atoms with Gasteiger partial charge in [0, 0.05) is 19.0 Å². The zero-order valence-electron chi connectivity index (χ0n) is 13.8. The zero-order valence-corrected chi connectivity index (χ0v) is 13.8. The highest BCUT2D eigenvalue weighted by Gasteiger charge is 2.26. The second-order valence-corrected chi connectivity index (χ2v) is 6.14. The quantitative estimate of drug-likeness (QED) is 0.642. The van der Waals surface area contributed by atoms with Gasteiger partial charge in [0.2, 0.25) is 5.91 Å². The molecule has 0 heterocycles. The predicted octanol–water partition coefficient (Wildman–Crippen LogP) is 1.91. The molecule has 0 saturated heterocycles. The van der Waals surface area contributed by atoms with Crippen molar-refractivity contribution < 1.29 is 14.3 Å². The van der Waals surface area contributed by atoms with Gasteiger partial charge in [0.05, 0.1) is 13.5 Å². The Balaban J connectivity index is 2.51. The van der Waals surface area contributed by atoms with Gasteiger partial charge in [0.1, 0.15) is 0 Å². The number of rotatable bonds is 8. The lowest BCUT2D eigenvalue weighted by atomic mass is 9.88. The summed E-state index contributed by atoms with van der Waals surface area (Å²) in [5.41, 5.74) is 0. The summed E-state index contributed by atoms with van der Waals surface area (Å²) in [5.74, 6) is 0.150. The first kappa shape index (κ1) is 18.0. The van der Waals surface area contributed by atoms with Crippen LogP contribution < -0.4 is 0 Å². The lowest BCUT2D eigenvalue weighted by Gasteiger charge is -2.29. The molecule has 1 aliphatic carbocycles. The molecule has 1 saturated carbocycles. The minimum atomic E-state index is -0.246. The maximum absolute atomic E-state index is 12.6. The van der Waals surface area contributed by atoms with Crippen molar-refractivity contribution in [2.75, 3.05) is 40.8 Å². The number of hydrogen-bond donors (Lipinski definition) is 0. The third-order valence-corrected chi connectivity index (χ3v) is 4.11. The van der Waals surface area contributed by atoms with Crippen LogP contribution in [-0.2, 0) is 14.3 Å². The van der Waals surface area contributed by atoms with Gasteiger partial charge in [-0.2, -0.15) is 0 Å². The minimum Gasteiger partial charge on any atom is -0.469 e. The molecule has 0 aromatic heterocycles. The van der Waals surface area contributed by atoms with Crippen LogP contribution in [0.4, 0.5) is 0 Å². The monoisotopic (exact) mass is 298 g/mol. The van der Waals surface area contributed by atoms with Crippen LogP contribution in [0.15, 0.2) is 0 Å². The third kappa shape index (κ3) is 6.93. The molecule has 1 amide bonds. The smallest absolute Gasteiger partial charge is 0.307 e. The molecule has 1 rings (SSSR count). The first-order valence-corrected chi connectivity index (χ1v) is 8.05. The predicted molar refractivity (Wildman–Crippen MR) is 83.0 cm³/mol. The Labute approximate surface area is 128 Å². The average molecular weight is 298 g/mol. The Kier molecular flexibility index (Phi) is 8.35. The molecule has 5 heteroatoms. The molecule has 0 radical (unpaired) electrons. The molecule has 0 aliphatic heterocycles. The summed E-state index contributed by atoms with van der Waals surface area (Å²) in [6.45, 7) is 2.16. The highest BCUT2D eigenvalue weighted by atomic mass is 16.5. The third-order valence-electron chi connectivity index (χ3n) is 4.11. The summed E-state index contributed by atoms with van der Waals surface area (Å²) in [4.78, 5) is 27.9. The molecule has 1 aliphatic rings.